The first-order chi connectivity index (χ1) is 15.3. The van der Waals surface area contributed by atoms with Gasteiger partial charge in [0.2, 0.25) is 0 Å². The Kier molecular flexibility index (Phi) is 13.6. The van der Waals surface area contributed by atoms with Crippen molar-refractivity contribution in [2.24, 2.45) is 0 Å². The zero-order chi connectivity index (χ0) is 23.9. The summed E-state index contributed by atoms with van der Waals surface area (Å²) in [5.74, 6) is -0.304. The first-order valence-electron chi connectivity index (χ1n) is 10.4. The molecule has 1 aromatic rings. The second-order valence-corrected chi connectivity index (χ2v) is 8.68. The molecule has 0 spiro atoms. The molecule has 11 heteroatoms. The molecule has 0 aliphatic rings. The summed E-state index contributed by atoms with van der Waals surface area (Å²) in [6, 6.07) is 8.36. The van der Waals surface area contributed by atoms with Gasteiger partial charge in [0.25, 0.3) is 14.4 Å². The Balaban J connectivity index is 2.33. The van der Waals surface area contributed by atoms with Crippen LogP contribution in [-0.2, 0) is 13.8 Å². The molecule has 0 radical (unpaired) electrons. The third-order valence-electron chi connectivity index (χ3n) is 4.01. The summed E-state index contributed by atoms with van der Waals surface area (Å²) in [5, 5.41) is 13.4. The van der Waals surface area contributed by atoms with Crippen molar-refractivity contribution < 1.29 is 27.8 Å². The van der Waals surface area contributed by atoms with Gasteiger partial charge in [0, 0.05) is 29.9 Å². The topological polar surface area (TPSA) is 113 Å². The molecule has 178 valence electrons. The van der Waals surface area contributed by atoms with Gasteiger partial charge in [-0.2, -0.15) is 5.26 Å². The Labute approximate surface area is 190 Å². The normalized spacial score (nSPS) is 12.1. The van der Waals surface area contributed by atoms with E-state index in [9.17, 15) is 14.0 Å². The van der Waals surface area contributed by atoms with E-state index < -0.39 is 14.7 Å². The van der Waals surface area contributed by atoms with Crippen LogP contribution >= 0.6 is 8.53 Å². The van der Waals surface area contributed by atoms with Crippen LogP contribution in [0.4, 0.5) is 14.9 Å². The number of nitrogens with zero attached hydrogens (tertiary/aromatic N) is 2. The molecule has 1 unspecified atom stereocenters. The van der Waals surface area contributed by atoms with Gasteiger partial charge in [-0.15, -0.1) is 4.39 Å². The minimum atomic E-state index is -1.66. The number of benzene rings is 1. The number of amides is 2. The quantitative estimate of drug-likeness (QED) is 0.171. The van der Waals surface area contributed by atoms with Crippen LogP contribution in [0.3, 0.4) is 0 Å². The summed E-state index contributed by atoms with van der Waals surface area (Å²) in [7, 11) is -1.31. The predicted octanol–water partition coefficient (Wildman–Crippen LogP) is 4.23. The fraction of sp³-hybridized carbons (Fsp3) is 0.571. The average Bonchev–Trinajstić information content (AvgIpc) is 2.72. The smallest absolute Gasteiger partial charge is 0.377 e. The number of rotatable bonds is 15. The number of carbonyl (C=O) groups excluding carboxylic acids is 2. The second kappa shape index (κ2) is 15.6. The first-order valence-corrected chi connectivity index (χ1v) is 11.5. The van der Waals surface area contributed by atoms with Crippen LogP contribution in [0.25, 0.3) is 0 Å². The standard InChI is InChI=1S/C21H32FN4O5P/c1-16(2)26(17(3)4)32(30-12-5-10-23)31-15-14-29-13-11-24-20(27)18-6-8-19(9-7-18)25-21(22)28/h6-9,16-17H,5,11-15H2,1-4H3,(H,24,27)(H,25,28). The Bertz CT molecular complexity index is 735. The highest BCUT2D eigenvalue weighted by Gasteiger charge is 2.26. The Morgan fingerprint density at radius 3 is 2.25 bits per heavy atom. The van der Waals surface area contributed by atoms with E-state index in [1.54, 1.807) is 0 Å². The Morgan fingerprint density at radius 1 is 1.06 bits per heavy atom. The lowest BCUT2D eigenvalue weighted by atomic mass is 10.2. The molecule has 0 fully saturated rings. The molecule has 2 amide bonds. The van der Waals surface area contributed by atoms with Crippen molar-refractivity contribution in [3.05, 3.63) is 29.8 Å². The van der Waals surface area contributed by atoms with Crippen molar-refractivity contribution in [3.63, 3.8) is 0 Å². The Morgan fingerprint density at radius 2 is 1.69 bits per heavy atom. The largest absolute Gasteiger partial charge is 0.401 e. The lowest BCUT2D eigenvalue weighted by molar-refractivity contribution is 0.0821. The van der Waals surface area contributed by atoms with Crippen molar-refractivity contribution in [1.29, 1.82) is 5.26 Å². The molecule has 0 aromatic heterocycles. The van der Waals surface area contributed by atoms with Crippen LogP contribution in [0, 0.1) is 11.3 Å². The van der Waals surface area contributed by atoms with Crippen LogP contribution in [0.5, 0.6) is 0 Å². The predicted molar refractivity (Wildman–Crippen MR) is 121 cm³/mol. The summed E-state index contributed by atoms with van der Waals surface area (Å²) >= 11 is 0. The van der Waals surface area contributed by atoms with Gasteiger partial charge in [-0.3, -0.25) is 10.1 Å². The summed E-state index contributed by atoms with van der Waals surface area (Å²) in [6.45, 7) is 9.84. The molecule has 0 bridgehead atoms. The average molecular weight is 470 g/mol. The third kappa shape index (κ3) is 10.9. The number of halogens is 1. The van der Waals surface area contributed by atoms with Crippen LogP contribution in [0.1, 0.15) is 44.5 Å². The molecular formula is C21H32FN4O5P. The van der Waals surface area contributed by atoms with Gasteiger partial charge in [-0.05, 0) is 52.0 Å². The van der Waals surface area contributed by atoms with Crippen LogP contribution in [-0.4, -0.2) is 61.8 Å². The van der Waals surface area contributed by atoms with E-state index in [-0.39, 0.29) is 23.7 Å². The fourth-order valence-electron chi connectivity index (χ4n) is 2.75. The van der Waals surface area contributed by atoms with E-state index in [1.807, 2.05) is 5.32 Å². The second-order valence-electron chi connectivity index (χ2n) is 7.22. The zero-order valence-electron chi connectivity index (χ0n) is 19.0. The van der Waals surface area contributed by atoms with Crippen LogP contribution in [0.15, 0.2) is 24.3 Å². The van der Waals surface area contributed by atoms with Gasteiger partial charge in [0.05, 0.1) is 38.9 Å². The maximum Gasteiger partial charge on any atom is 0.401 e. The van der Waals surface area contributed by atoms with Gasteiger partial charge in [0.1, 0.15) is 0 Å². The van der Waals surface area contributed by atoms with E-state index in [1.165, 1.54) is 24.3 Å². The zero-order valence-corrected chi connectivity index (χ0v) is 19.9. The maximum atomic E-state index is 12.3. The number of ether oxygens (including phenoxy) is 1. The van der Waals surface area contributed by atoms with Crippen LogP contribution in [0.2, 0.25) is 0 Å². The lowest BCUT2D eigenvalue weighted by Crippen LogP contribution is -2.34. The van der Waals surface area contributed by atoms with Gasteiger partial charge >= 0.3 is 6.16 Å². The molecule has 1 rings (SSSR count). The molecule has 1 aromatic carbocycles. The summed E-state index contributed by atoms with van der Waals surface area (Å²) in [4.78, 5) is 22.5. The monoisotopic (exact) mass is 470 g/mol. The SMILES string of the molecule is CC(C)N(C(C)C)P(OCCC#N)OCCOCCNC(=O)c1ccc(NC(=O)F)cc1. The van der Waals surface area contributed by atoms with E-state index >= 15 is 0 Å². The van der Waals surface area contributed by atoms with E-state index in [4.69, 9.17) is 19.0 Å². The number of hydrogen-bond donors (Lipinski definition) is 2. The van der Waals surface area contributed by atoms with Crippen molar-refractivity contribution >= 4 is 26.3 Å². The number of hydrogen-bond acceptors (Lipinski definition) is 7. The summed E-state index contributed by atoms with van der Waals surface area (Å²) < 4.78 is 31.6. The van der Waals surface area contributed by atoms with Gasteiger partial charge in [-0.1, -0.05) is 0 Å². The van der Waals surface area contributed by atoms with Crippen molar-refractivity contribution in [2.45, 2.75) is 46.2 Å². The number of carbonyl (C=O) groups is 2. The minimum Gasteiger partial charge on any atom is -0.377 e. The molecular weight excluding hydrogens is 438 g/mol. The molecule has 9 nitrogen and oxygen atoms in total. The molecule has 0 aliphatic heterocycles. The summed E-state index contributed by atoms with van der Waals surface area (Å²) in [6.07, 6.45) is -1.36. The molecule has 0 heterocycles. The van der Waals surface area contributed by atoms with E-state index in [2.05, 4.69) is 43.8 Å². The third-order valence-corrected chi connectivity index (χ3v) is 6.12. The molecule has 0 saturated heterocycles. The van der Waals surface area contributed by atoms with E-state index in [0.717, 1.165) is 0 Å². The highest BCUT2D eigenvalue weighted by Crippen LogP contribution is 2.45. The summed E-state index contributed by atoms with van der Waals surface area (Å²) in [5.41, 5.74) is 0.648. The highest BCUT2D eigenvalue weighted by molar-refractivity contribution is 7.44. The molecule has 2 N–H and O–H groups in total. The molecule has 0 saturated carbocycles. The van der Waals surface area contributed by atoms with Crippen molar-refractivity contribution in [2.75, 3.05) is 38.3 Å². The Hall–Kier alpha value is -2.15. The number of anilines is 1. The van der Waals surface area contributed by atoms with Gasteiger partial charge < -0.3 is 19.1 Å². The lowest BCUT2D eigenvalue weighted by Gasteiger charge is -2.35. The van der Waals surface area contributed by atoms with Crippen molar-refractivity contribution in [1.82, 2.24) is 9.99 Å². The van der Waals surface area contributed by atoms with Gasteiger partial charge in [0.15, 0.2) is 0 Å². The van der Waals surface area contributed by atoms with Crippen LogP contribution < -0.4 is 10.6 Å². The van der Waals surface area contributed by atoms with Crippen molar-refractivity contribution in [3.8, 4) is 6.07 Å². The molecule has 1 atom stereocenters. The highest BCUT2D eigenvalue weighted by atomic mass is 31.2. The molecule has 32 heavy (non-hydrogen) atoms. The first kappa shape index (κ1) is 27.9. The van der Waals surface area contributed by atoms with Gasteiger partial charge in [-0.25, -0.2) is 9.46 Å². The minimum absolute atomic E-state index is 0.224. The molecule has 0 aliphatic carbocycles. The number of nitriles is 1. The maximum absolute atomic E-state index is 12.3. The fourth-order valence-corrected chi connectivity index (χ4v) is 4.32. The van der Waals surface area contributed by atoms with E-state index in [0.29, 0.717) is 45.0 Å². The number of nitrogens with one attached hydrogen (secondary N) is 2.